The van der Waals surface area contributed by atoms with Crippen molar-refractivity contribution in [2.24, 2.45) is 0 Å². The van der Waals surface area contributed by atoms with Gasteiger partial charge in [0.1, 0.15) is 5.82 Å². The van der Waals surface area contributed by atoms with Crippen LogP contribution in [0.2, 0.25) is 0 Å². The van der Waals surface area contributed by atoms with E-state index in [4.69, 9.17) is 0 Å². The Morgan fingerprint density at radius 1 is 1.11 bits per heavy atom. The number of nitrogens with zero attached hydrogens (tertiary/aromatic N) is 1. The zero-order valence-electron chi connectivity index (χ0n) is 11.8. The monoisotopic (exact) mass is 263 g/mol. The third-order valence-corrected chi connectivity index (χ3v) is 4.33. The minimum Gasteiger partial charge on any atom is -0.297 e. The van der Waals surface area contributed by atoms with E-state index < -0.39 is 11.4 Å². The average molecular weight is 263 g/mol. The summed E-state index contributed by atoms with van der Waals surface area (Å²) in [6.07, 6.45) is 6.07. The van der Waals surface area contributed by atoms with Gasteiger partial charge < -0.3 is 0 Å². The topological polar surface area (TPSA) is 20.3 Å². The van der Waals surface area contributed by atoms with Crippen molar-refractivity contribution in [2.45, 2.75) is 44.1 Å². The van der Waals surface area contributed by atoms with Gasteiger partial charge in [0.15, 0.2) is 5.78 Å². The van der Waals surface area contributed by atoms with Crippen LogP contribution in [0.5, 0.6) is 0 Å². The zero-order chi connectivity index (χ0) is 13.9. The molecule has 1 aliphatic rings. The number of hydrogen-bond donors (Lipinski definition) is 0. The van der Waals surface area contributed by atoms with Crippen LogP contribution >= 0.6 is 0 Å². The number of benzene rings is 1. The predicted molar refractivity (Wildman–Crippen MR) is 74.9 cm³/mol. The van der Waals surface area contributed by atoms with E-state index in [9.17, 15) is 9.18 Å². The lowest BCUT2D eigenvalue weighted by Gasteiger charge is -2.38. The third-order valence-electron chi connectivity index (χ3n) is 4.33. The smallest absolute Gasteiger partial charge is 0.185 e. The highest BCUT2D eigenvalue weighted by Gasteiger charge is 2.41. The van der Waals surface area contributed by atoms with Crippen LogP contribution in [-0.4, -0.2) is 30.3 Å². The van der Waals surface area contributed by atoms with Crippen LogP contribution in [0, 0.1) is 5.82 Å². The number of likely N-dealkylation sites (N-methyl/N-ethyl adjacent to an activating group) is 1. The first kappa shape index (κ1) is 14.2. The molecule has 104 valence electrons. The van der Waals surface area contributed by atoms with Gasteiger partial charge in [-0.2, -0.15) is 0 Å². The summed E-state index contributed by atoms with van der Waals surface area (Å²) in [4.78, 5) is 14.8. The van der Waals surface area contributed by atoms with Crippen LogP contribution in [0.4, 0.5) is 4.39 Å². The number of Topliss-reactive ketones (excluding diaryl/α,β-unsaturated/α-hetero) is 1. The van der Waals surface area contributed by atoms with Crippen molar-refractivity contribution in [3.8, 4) is 0 Å². The van der Waals surface area contributed by atoms with Crippen molar-refractivity contribution < 1.29 is 9.18 Å². The van der Waals surface area contributed by atoms with Crippen molar-refractivity contribution in [2.75, 3.05) is 14.1 Å². The maximum Gasteiger partial charge on any atom is 0.185 e. The first-order chi connectivity index (χ1) is 9.08. The van der Waals surface area contributed by atoms with E-state index in [1.54, 1.807) is 18.2 Å². The normalized spacial score (nSPS) is 19.2. The second-order valence-electron chi connectivity index (χ2n) is 5.65. The molecule has 0 unspecified atom stereocenters. The van der Waals surface area contributed by atoms with Gasteiger partial charge in [0.2, 0.25) is 0 Å². The van der Waals surface area contributed by atoms with Gasteiger partial charge in [0.25, 0.3) is 0 Å². The van der Waals surface area contributed by atoms with E-state index in [0.29, 0.717) is 0 Å². The molecule has 1 saturated carbocycles. The molecule has 0 heterocycles. The van der Waals surface area contributed by atoms with Crippen molar-refractivity contribution in [1.29, 1.82) is 0 Å². The molecule has 1 aromatic carbocycles. The summed E-state index contributed by atoms with van der Waals surface area (Å²) in [5.41, 5.74) is -0.295. The lowest BCUT2D eigenvalue weighted by molar-refractivity contribution is 0.0630. The summed E-state index contributed by atoms with van der Waals surface area (Å²) in [6, 6.07) is 6.33. The highest BCUT2D eigenvalue weighted by atomic mass is 19.1. The fourth-order valence-corrected chi connectivity index (χ4v) is 3.09. The van der Waals surface area contributed by atoms with Crippen LogP contribution in [-0.2, 0) is 0 Å². The Bertz CT molecular complexity index is 448. The Morgan fingerprint density at radius 3 is 2.21 bits per heavy atom. The van der Waals surface area contributed by atoms with E-state index in [2.05, 4.69) is 0 Å². The second kappa shape index (κ2) is 5.83. The molecular formula is C16H22FNO. The molecule has 1 fully saturated rings. The van der Waals surface area contributed by atoms with E-state index in [0.717, 1.165) is 25.7 Å². The minimum atomic E-state index is -0.529. The van der Waals surface area contributed by atoms with Crippen LogP contribution in [0.15, 0.2) is 24.3 Å². The molecule has 3 heteroatoms. The number of rotatable bonds is 3. The van der Waals surface area contributed by atoms with E-state index in [1.807, 2.05) is 19.0 Å². The summed E-state index contributed by atoms with van der Waals surface area (Å²) in [7, 11) is 3.87. The second-order valence-corrected chi connectivity index (χ2v) is 5.65. The largest absolute Gasteiger partial charge is 0.297 e. The standard InChI is InChI=1S/C16H22FNO/c1-18(2)16(11-7-3-4-8-12-16)15(19)13-9-5-6-10-14(13)17/h5-6,9-10H,3-4,7-8,11-12H2,1-2H3. The van der Waals surface area contributed by atoms with Gasteiger partial charge in [-0.25, -0.2) is 4.39 Å². The van der Waals surface area contributed by atoms with Gasteiger partial charge in [-0.3, -0.25) is 9.69 Å². The Balaban J connectivity index is 2.39. The van der Waals surface area contributed by atoms with Crippen LogP contribution in [0.3, 0.4) is 0 Å². The Hall–Kier alpha value is -1.22. The van der Waals surface area contributed by atoms with E-state index >= 15 is 0 Å². The van der Waals surface area contributed by atoms with E-state index in [-0.39, 0.29) is 11.3 Å². The molecule has 1 aromatic rings. The molecule has 0 amide bonds. The fraction of sp³-hybridized carbons (Fsp3) is 0.562. The zero-order valence-corrected chi connectivity index (χ0v) is 11.8. The maximum absolute atomic E-state index is 13.9. The molecule has 0 spiro atoms. The molecule has 2 rings (SSSR count). The van der Waals surface area contributed by atoms with Gasteiger partial charge in [0.05, 0.1) is 11.1 Å². The predicted octanol–water partition coefficient (Wildman–Crippen LogP) is 3.66. The van der Waals surface area contributed by atoms with E-state index in [1.165, 1.54) is 18.9 Å². The lowest BCUT2D eigenvalue weighted by atomic mass is 9.81. The Kier molecular flexibility index (Phi) is 4.35. The maximum atomic E-state index is 13.9. The number of carbonyl (C=O) groups is 1. The summed E-state index contributed by atoms with van der Waals surface area (Å²) in [6.45, 7) is 0. The van der Waals surface area contributed by atoms with Gasteiger partial charge >= 0.3 is 0 Å². The van der Waals surface area contributed by atoms with Gasteiger partial charge in [-0.1, -0.05) is 37.8 Å². The van der Waals surface area contributed by atoms with Gasteiger partial charge in [-0.15, -0.1) is 0 Å². The number of halogens is 1. The van der Waals surface area contributed by atoms with Gasteiger partial charge in [-0.05, 0) is 39.1 Å². The highest BCUT2D eigenvalue weighted by molar-refractivity contribution is 6.03. The van der Waals surface area contributed by atoms with Gasteiger partial charge in [0, 0.05) is 0 Å². The van der Waals surface area contributed by atoms with Crippen molar-refractivity contribution in [3.63, 3.8) is 0 Å². The molecular weight excluding hydrogens is 241 g/mol. The molecule has 0 N–H and O–H groups in total. The molecule has 0 bridgehead atoms. The Morgan fingerprint density at radius 2 is 1.68 bits per heavy atom. The first-order valence-electron chi connectivity index (χ1n) is 7.05. The quantitative estimate of drug-likeness (QED) is 0.612. The summed E-state index contributed by atoms with van der Waals surface area (Å²) in [5.74, 6) is -0.463. The fourth-order valence-electron chi connectivity index (χ4n) is 3.09. The van der Waals surface area contributed by atoms with Crippen molar-refractivity contribution in [1.82, 2.24) is 4.90 Å². The minimum absolute atomic E-state index is 0.0579. The summed E-state index contributed by atoms with van der Waals surface area (Å²) < 4.78 is 13.9. The van der Waals surface area contributed by atoms with Crippen molar-refractivity contribution >= 4 is 5.78 Å². The SMILES string of the molecule is CN(C)C1(C(=O)c2ccccc2F)CCCCCC1. The van der Waals surface area contributed by atoms with Crippen molar-refractivity contribution in [3.05, 3.63) is 35.6 Å². The number of hydrogen-bond acceptors (Lipinski definition) is 2. The number of ketones is 1. The highest BCUT2D eigenvalue weighted by Crippen LogP contribution is 2.34. The molecule has 0 aromatic heterocycles. The molecule has 1 aliphatic carbocycles. The van der Waals surface area contributed by atoms with Crippen LogP contribution in [0.1, 0.15) is 48.9 Å². The summed E-state index contributed by atoms with van der Waals surface area (Å²) in [5, 5.41) is 0. The molecule has 2 nitrogen and oxygen atoms in total. The Labute approximate surface area is 114 Å². The summed E-state index contributed by atoms with van der Waals surface area (Å²) >= 11 is 0. The molecule has 0 aliphatic heterocycles. The lowest BCUT2D eigenvalue weighted by Crippen LogP contribution is -2.51. The average Bonchev–Trinajstić information content (AvgIpc) is 2.65. The first-order valence-corrected chi connectivity index (χ1v) is 7.05. The van der Waals surface area contributed by atoms with Crippen LogP contribution < -0.4 is 0 Å². The number of carbonyl (C=O) groups excluding carboxylic acids is 1. The molecule has 0 atom stereocenters. The molecule has 19 heavy (non-hydrogen) atoms. The molecule has 0 radical (unpaired) electrons. The molecule has 0 saturated heterocycles. The third kappa shape index (κ3) is 2.71. The van der Waals surface area contributed by atoms with Crippen LogP contribution in [0.25, 0.3) is 0 Å².